The third-order valence-electron chi connectivity index (χ3n) is 2.90. The highest BCUT2D eigenvalue weighted by Crippen LogP contribution is 2.38. The lowest BCUT2D eigenvalue weighted by molar-refractivity contribution is 0.219. The highest BCUT2D eigenvalue weighted by atomic mass is 79.9. The monoisotopic (exact) mass is 452 g/mol. The number of hydrogen-bond donors (Lipinski definition) is 1. The van der Waals surface area contributed by atoms with Crippen LogP contribution in [0.2, 0.25) is 10.0 Å². The van der Waals surface area contributed by atoms with E-state index >= 15 is 0 Å². The Hall–Kier alpha value is -0.260. The molecule has 0 aromatic heterocycles. The minimum atomic E-state index is -0.881. The van der Waals surface area contributed by atoms with E-state index in [0.717, 1.165) is 8.95 Å². The van der Waals surface area contributed by atoms with Gasteiger partial charge in [0.05, 0.1) is 16.7 Å². The van der Waals surface area contributed by atoms with Crippen molar-refractivity contribution >= 4 is 55.1 Å². The SMILES string of the molecule is CCOc1cc(Cl)c(C(O)c2ccc(Br)cc2Br)cc1Cl. The fourth-order valence-corrected chi connectivity index (χ4v) is 3.66. The van der Waals surface area contributed by atoms with E-state index in [1.807, 2.05) is 25.1 Å². The van der Waals surface area contributed by atoms with Crippen molar-refractivity contribution in [3.8, 4) is 5.75 Å². The number of rotatable bonds is 4. The van der Waals surface area contributed by atoms with Gasteiger partial charge < -0.3 is 9.84 Å². The molecule has 0 aliphatic rings. The first-order valence-electron chi connectivity index (χ1n) is 6.18. The molecular formula is C15H12Br2Cl2O2. The molecule has 0 spiro atoms. The third-order valence-corrected chi connectivity index (χ3v) is 4.71. The fourth-order valence-electron chi connectivity index (χ4n) is 1.91. The summed E-state index contributed by atoms with van der Waals surface area (Å²) in [6.45, 7) is 2.36. The predicted octanol–water partition coefficient (Wildman–Crippen LogP) is 6.00. The van der Waals surface area contributed by atoms with Crippen molar-refractivity contribution in [1.82, 2.24) is 0 Å². The van der Waals surface area contributed by atoms with Gasteiger partial charge in [-0.2, -0.15) is 0 Å². The van der Waals surface area contributed by atoms with E-state index in [1.54, 1.807) is 12.1 Å². The largest absolute Gasteiger partial charge is 0.492 e. The first-order chi connectivity index (χ1) is 9.93. The molecule has 0 amide bonds. The predicted molar refractivity (Wildman–Crippen MR) is 93.5 cm³/mol. The zero-order chi connectivity index (χ0) is 15.6. The number of aliphatic hydroxyl groups excluding tert-OH is 1. The van der Waals surface area contributed by atoms with Crippen LogP contribution in [-0.2, 0) is 0 Å². The van der Waals surface area contributed by atoms with Gasteiger partial charge in [0.2, 0.25) is 0 Å². The Morgan fingerprint density at radius 2 is 1.81 bits per heavy atom. The Kier molecular flexibility index (Phi) is 5.97. The van der Waals surface area contributed by atoms with Gasteiger partial charge in [0.1, 0.15) is 11.9 Å². The molecule has 1 atom stereocenters. The van der Waals surface area contributed by atoms with E-state index in [4.69, 9.17) is 27.9 Å². The van der Waals surface area contributed by atoms with Crippen LogP contribution in [0.4, 0.5) is 0 Å². The maximum Gasteiger partial charge on any atom is 0.139 e. The topological polar surface area (TPSA) is 29.5 Å². The quantitative estimate of drug-likeness (QED) is 0.614. The second-order valence-corrected chi connectivity index (χ2v) is 6.89. The summed E-state index contributed by atoms with van der Waals surface area (Å²) in [4.78, 5) is 0. The molecule has 2 aromatic rings. The molecule has 2 rings (SSSR count). The summed E-state index contributed by atoms with van der Waals surface area (Å²) in [5.41, 5.74) is 1.24. The number of aliphatic hydroxyl groups is 1. The molecule has 1 N–H and O–H groups in total. The lowest BCUT2D eigenvalue weighted by Crippen LogP contribution is -2.03. The van der Waals surface area contributed by atoms with Crippen LogP contribution in [0.3, 0.4) is 0 Å². The van der Waals surface area contributed by atoms with E-state index in [-0.39, 0.29) is 0 Å². The molecule has 0 saturated heterocycles. The number of benzene rings is 2. The van der Waals surface area contributed by atoms with Crippen LogP contribution >= 0.6 is 55.1 Å². The molecule has 2 nitrogen and oxygen atoms in total. The van der Waals surface area contributed by atoms with Crippen LogP contribution in [0, 0.1) is 0 Å². The average Bonchev–Trinajstić information content (AvgIpc) is 2.42. The number of halogens is 4. The first kappa shape index (κ1) is 17.1. The molecule has 0 radical (unpaired) electrons. The zero-order valence-electron chi connectivity index (χ0n) is 11.0. The Morgan fingerprint density at radius 3 is 2.43 bits per heavy atom. The van der Waals surface area contributed by atoms with Gasteiger partial charge in [0.15, 0.2) is 0 Å². The molecule has 0 aliphatic carbocycles. The summed E-state index contributed by atoms with van der Waals surface area (Å²) in [5.74, 6) is 0.509. The van der Waals surface area contributed by atoms with Crippen LogP contribution in [0.1, 0.15) is 24.2 Å². The van der Waals surface area contributed by atoms with Crippen LogP contribution in [-0.4, -0.2) is 11.7 Å². The maximum absolute atomic E-state index is 10.6. The fraction of sp³-hybridized carbons (Fsp3) is 0.200. The normalized spacial score (nSPS) is 12.3. The number of ether oxygens (including phenoxy) is 1. The van der Waals surface area contributed by atoms with Gasteiger partial charge >= 0.3 is 0 Å². The van der Waals surface area contributed by atoms with Gasteiger partial charge in [-0.25, -0.2) is 0 Å². The molecule has 1 unspecified atom stereocenters. The molecule has 0 saturated carbocycles. The van der Waals surface area contributed by atoms with Gasteiger partial charge in [-0.15, -0.1) is 0 Å². The number of hydrogen-bond acceptors (Lipinski definition) is 2. The second kappa shape index (κ2) is 7.34. The van der Waals surface area contributed by atoms with E-state index < -0.39 is 6.10 Å². The smallest absolute Gasteiger partial charge is 0.139 e. The molecule has 112 valence electrons. The second-order valence-electron chi connectivity index (χ2n) is 4.31. The molecule has 0 heterocycles. The minimum absolute atomic E-state index is 0.408. The van der Waals surface area contributed by atoms with Crippen molar-refractivity contribution in [2.75, 3.05) is 6.61 Å². The van der Waals surface area contributed by atoms with Crippen LogP contribution in [0.5, 0.6) is 5.75 Å². The zero-order valence-corrected chi connectivity index (χ0v) is 15.7. The van der Waals surface area contributed by atoms with E-state index in [0.29, 0.717) is 33.5 Å². The summed E-state index contributed by atoms with van der Waals surface area (Å²) in [7, 11) is 0. The van der Waals surface area contributed by atoms with Gasteiger partial charge in [-0.3, -0.25) is 0 Å². The Labute approximate surface area is 150 Å². The highest BCUT2D eigenvalue weighted by Gasteiger charge is 2.19. The minimum Gasteiger partial charge on any atom is -0.492 e. The van der Waals surface area contributed by atoms with Crippen molar-refractivity contribution in [2.24, 2.45) is 0 Å². The van der Waals surface area contributed by atoms with Crippen molar-refractivity contribution in [3.05, 3.63) is 60.4 Å². The Morgan fingerprint density at radius 1 is 1.10 bits per heavy atom. The first-order valence-corrected chi connectivity index (χ1v) is 8.53. The lowest BCUT2D eigenvalue weighted by Gasteiger charge is -2.17. The molecule has 6 heteroatoms. The van der Waals surface area contributed by atoms with Gasteiger partial charge in [0, 0.05) is 20.6 Å². The molecule has 0 aliphatic heterocycles. The Bertz CT molecular complexity index is 662. The Balaban J connectivity index is 2.43. The van der Waals surface area contributed by atoms with Crippen LogP contribution < -0.4 is 4.74 Å². The molecule has 0 fully saturated rings. The van der Waals surface area contributed by atoms with E-state index in [9.17, 15) is 5.11 Å². The van der Waals surface area contributed by atoms with Gasteiger partial charge in [0.25, 0.3) is 0 Å². The summed E-state index contributed by atoms with van der Waals surface area (Å²) < 4.78 is 7.08. The van der Waals surface area contributed by atoms with Crippen molar-refractivity contribution < 1.29 is 9.84 Å². The summed E-state index contributed by atoms with van der Waals surface area (Å²) in [6.07, 6.45) is -0.881. The van der Waals surface area contributed by atoms with Gasteiger partial charge in [-0.05, 0) is 30.7 Å². The van der Waals surface area contributed by atoms with E-state index in [1.165, 1.54) is 0 Å². The summed E-state index contributed by atoms with van der Waals surface area (Å²) in [6, 6.07) is 8.79. The summed E-state index contributed by atoms with van der Waals surface area (Å²) in [5, 5.41) is 11.4. The third kappa shape index (κ3) is 3.93. The van der Waals surface area contributed by atoms with Crippen LogP contribution in [0.15, 0.2) is 39.3 Å². The molecular weight excluding hydrogens is 443 g/mol. The van der Waals surface area contributed by atoms with Crippen molar-refractivity contribution in [3.63, 3.8) is 0 Å². The summed E-state index contributed by atoms with van der Waals surface area (Å²) >= 11 is 19.2. The maximum atomic E-state index is 10.6. The lowest BCUT2D eigenvalue weighted by atomic mass is 10.0. The molecule has 0 bridgehead atoms. The van der Waals surface area contributed by atoms with Gasteiger partial charge in [-0.1, -0.05) is 61.1 Å². The molecule has 2 aromatic carbocycles. The van der Waals surface area contributed by atoms with Crippen molar-refractivity contribution in [2.45, 2.75) is 13.0 Å². The molecule has 21 heavy (non-hydrogen) atoms. The highest BCUT2D eigenvalue weighted by molar-refractivity contribution is 9.11. The standard InChI is InChI=1S/C15H12Br2Cl2O2/c1-2-21-14-7-12(18)10(6-13(14)19)15(20)9-4-3-8(16)5-11(9)17/h3-7,15,20H,2H2,1H3. The van der Waals surface area contributed by atoms with E-state index in [2.05, 4.69) is 31.9 Å². The van der Waals surface area contributed by atoms with Crippen LogP contribution in [0.25, 0.3) is 0 Å². The van der Waals surface area contributed by atoms with Crippen molar-refractivity contribution in [1.29, 1.82) is 0 Å². The average molecular weight is 455 g/mol.